The molecule has 0 aliphatic rings. The molecule has 0 spiro atoms. The van der Waals surface area contributed by atoms with Crippen LogP contribution >= 0.6 is 0 Å². The van der Waals surface area contributed by atoms with Crippen LogP contribution < -0.4 is 0 Å². The Morgan fingerprint density at radius 2 is 1.85 bits per heavy atom. The SMILES string of the molecule is Cn1nc2c3cc(C(=O)CCc4ccncn4)ccc3n(-c3ccc(C(F)(F)F)cc3)c2n1.[HH]. The van der Waals surface area contributed by atoms with Crippen molar-refractivity contribution in [1.82, 2.24) is 29.5 Å². The summed E-state index contributed by atoms with van der Waals surface area (Å²) in [7, 11) is 1.67. The molecule has 0 saturated heterocycles. The maximum absolute atomic E-state index is 13.0. The van der Waals surface area contributed by atoms with E-state index in [1.807, 2.05) is 0 Å². The highest BCUT2D eigenvalue weighted by Crippen LogP contribution is 2.33. The number of alkyl halides is 3. The zero-order chi connectivity index (χ0) is 23.2. The van der Waals surface area contributed by atoms with Crippen LogP contribution in [0.3, 0.4) is 0 Å². The Morgan fingerprint density at radius 1 is 1.06 bits per heavy atom. The normalized spacial score (nSPS) is 12.0. The number of aryl methyl sites for hydroxylation is 2. The number of aromatic nitrogens is 6. The second kappa shape index (κ2) is 7.80. The van der Waals surface area contributed by atoms with Crippen molar-refractivity contribution in [3.05, 3.63) is 77.9 Å². The van der Waals surface area contributed by atoms with Crippen LogP contribution in [-0.2, 0) is 19.6 Å². The van der Waals surface area contributed by atoms with Gasteiger partial charge in [-0.3, -0.25) is 9.36 Å². The van der Waals surface area contributed by atoms with Crippen molar-refractivity contribution in [3.8, 4) is 5.69 Å². The van der Waals surface area contributed by atoms with E-state index in [1.165, 1.54) is 23.3 Å². The molecule has 10 heteroatoms. The first kappa shape index (κ1) is 20.8. The molecule has 0 amide bonds. The molecule has 3 heterocycles. The Hall–Kier alpha value is -4.08. The predicted octanol–water partition coefficient (Wildman–Crippen LogP) is 4.78. The van der Waals surface area contributed by atoms with Gasteiger partial charge in [0.1, 0.15) is 11.8 Å². The van der Waals surface area contributed by atoms with Gasteiger partial charge < -0.3 is 0 Å². The number of hydrogen-bond donors (Lipinski definition) is 0. The smallest absolute Gasteiger partial charge is 0.294 e. The van der Waals surface area contributed by atoms with Crippen molar-refractivity contribution in [3.63, 3.8) is 0 Å². The van der Waals surface area contributed by atoms with Gasteiger partial charge in [-0.15, -0.1) is 5.10 Å². The third kappa shape index (κ3) is 3.84. The van der Waals surface area contributed by atoms with E-state index in [0.29, 0.717) is 39.7 Å². The molecule has 0 aliphatic heterocycles. The topological polar surface area (TPSA) is 78.5 Å². The van der Waals surface area contributed by atoms with Crippen LogP contribution in [0.15, 0.2) is 61.1 Å². The Morgan fingerprint density at radius 3 is 2.55 bits per heavy atom. The van der Waals surface area contributed by atoms with Crippen molar-refractivity contribution in [2.24, 2.45) is 7.05 Å². The Balaban J connectivity index is 0.00000274. The molecule has 5 aromatic rings. The number of fused-ring (bicyclic) bond motifs is 3. The standard InChI is InChI=1S/C23H17F3N6O.H2/c1-31-29-21-18-12-14(20(33)9-5-16-10-11-27-13-28-16)2-8-19(18)32(22(21)30-31)17-6-3-15(4-7-17)23(24,25)26;/h2-4,6-8,10-13H,5,9H2,1H3;1H. The van der Waals surface area contributed by atoms with E-state index in [0.717, 1.165) is 17.8 Å². The maximum Gasteiger partial charge on any atom is 0.416 e. The number of nitrogens with zero attached hydrogens (tertiary/aromatic N) is 6. The number of carbonyl (C=O) groups is 1. The van der Waals surface area contributed by atoms with E-state index in [2.05, 4.69) is 20.2 Å². The summed E-state index contributed by atoms with van der Waals surface area (Å²) in [6.07, 6.45) is -0.563. The number of halogens is 3. The molecule has 5 rings (SSSR count). The number of carbonyl (C=O) groups excluding carboxylic acids is 1. The second-order valence-electron chi connectivity index (χ2n) is 7.60. The number of benzene rings is 2. The average molecular weight is 452 g/mol. The van der Waals surface area contributed by atoms with Gasteiger partial charge in [-0.2, -0.15) is 23.1 Å². The minimum absolute atomic E-state index is 0. The molecule has 0 atom stereocenters. The molecule has 33 heavy (non-hydrogen) atoms. The van der Waals surface area contributed by atoms with Crippen LogP contribution in [0.5, 0.6) is 0 Å². The molecule has 0 unspecified atom stereocenters. The molecule has 168 valence electrons. The lowest BCUT2D eigenvalue weighted by Gasteiger charge is -2.10. The molecular weight excluding hydrogens is 433 g/mol. The molecule has 0 aliphatic carbocycles. The van der Waals surface area contributed by atoms with Crippen LogP contribution in [0, 0.1) is 0 Å². The van der Waals surface area contributed by atoms with Gasteiger partial charge in [-0.25, -0.2) is 9.97 Å². The summed E-state index contributed by atoms with van der Waals surface area (Å²) in [5.41, 5.74) is 2.86. The third-order valence-corrected chi connectivity index (χ3v) is 5.43. The maximum atomic E-state index is 13.0. The van der Waals surface area contributed by atoms with E-state index in [4.69, 9.17) is 0 Å². The van der Waals surface area contributed by atoms with Gasteiger partial charge in [-0.1, -0.05) is 0 Å². The van der Waals surface area contributed by atoms with E-state index >= 15 is 0 Å². The Labute approximate surface area is 187 Å². The fraction of sp³-hybridized carbons (Fsp3) is 0.174. The Kier molecular flexibility index (Phi) is 4.92. The molecule has 0 saturated carbocycles. The highest BCUT2D eigenvalue weighted by molar-refractivity contribution is 6.09. The summed E-state index contributed by atoms with van der Waals surface area (Å²) in [6.45, 7) is 0. The van der Waals surface area contributed by atoms with Gasteiger partial charge >= 0.3 is 6.18 Å². The highest BCUT2D eigenvalue weighted by Gasteiger charge is 2.30. The largest absolute Gasteiger partial charge is 0.416 e. The van der Waals surface area contributed by atoms with Gasteiger partial charge in [0.2, 0.25) is 0 Å². The van der Waals surface area contributed by atoms with Crippen LogP contribution in [0.2, 0.25) is 0 Å². The molecule has 0 bridgehead atoms. The number of Topliss-reactive ketones (excluding diaryl/α,β-unsaturated/α-hetero) is 1. The van der Waals surface area contributed by atoms with Crippen LogP contribution in [0.25, 0.3) is 27.8 Å². The molecular formula is C23H19F3N6O. The fourth-order valence-corrected chi connectivity index (χ4v) is 3.84. The Bertz CT molecular complexity index is 1480. The summed E-state index contributed by atoms with van der Waals surface area (Å²) >= 11 is 0. The van der Waals surface area contributed by atoms with Crippen molar-refractivity contribution >= 4 is 27.9 Å². The van der Waals surface area contributed by atoms with Gasteiger partial charge in [0, 0.05) is 43.4 Å². The molecule has 0 radical (unpaired) electrons. The predicted molar refractivity (Wildman–Crippen MR) is 117 cm³/mol. The number of rotatable bonds is 5. The molecule has 2 aromatic carbocycles. The van der Waals surface area contributed by atoms with Gasteiger partial charge in [0.05, 0.1) is 11.1 Å². The highest BCUT2D eigenvalue weighted by atomic mass is 19.4. The summed E-state index contributed by atoms with van der Waals surface area (Å²) < 4.78 is 40.7. The lowest BCUT2D eigenvalue weighted by atomic mass is 10.0. The van der Waals surface area contributed by atoms with E-state index in [-0.39, 0.29) is 13.6 Å². The lowest BCUT2D eigenvalue weighted by Crippen LogP contribution is -2.05. The van der Waals surface area contributed by atoms with Crippen LogP contribution in [0.4, 0.5) is 13.2 Å². The zero-order valence-corrected chi connectivity index (χ0v) is 17.4. The minimum atomic E-state index is -4.42. The fourth-order valence-electron chi connectivity index (χ4n) is 3.84. The summed E-state index contributed by atoms with van der Waals surface area (Å²) in [6, 6.07) is 11.9. The van der Waals surface area contributed by atoms with Crippen LogP contribution in [-0.4, -0.2) is 35.3 Å². The second-order valence-corrected chi connectivity index (χ2v) is 7.60. The number of hydrogen-bond acceptors (Lipinski definition) is 5. The first-order chi connectivity index (χ1) is 15.8. The zero-order valence-electron chi connectivity index (χ0n) is 17.4. The van der Waals surface area contributed by atoms with Crippen molar-refractivity contribution in [1.29, 1.82) is 0 Å². The van der Waals surface area contributed by atoms with Crippen molar-refractivity contribution in [2.45, 2.75) is 19.0 Å². The lowest BCUT2D eigenvalue weighted by molar-refractivity contribution is -0.137. The summed E-state index contributed by atoms with van der Waals surface area (Å²) in [5, 5.41) is 9.51. The van der Waals surface area contributed by atoms with E-state index in [1.54, 1.807) is 42.1 Å². The van der Waals surface area contributed by atoms with Crippen LogP contribution in [0.1, 0.15) is 29.5 Å². The molecule has 3 aromatic heterocycles. The molecule has 0 N–H and O–H groups in total. The summed E-state index contributed by atoms with van der Waals surface area (Å²) in [5.74, 6) is -0.0465. The number of ketones is 1. The first-order valence-electron chi connectivity index (χ1n) is 10.1. The quantitative estimate of drug-likeness (QED) is 0.359. The monoisotopic (exact) mass is 452 g/mol. The van der Waals surface area contributed by atoms with Gasteiger partial charge in [0.15, 0.2) is 11.4 Å². The van der Waals surface area contributed by atoms with Gasteiger partial charge in [-0.05, 0) is 55.0 Å². The molecule has 0 fully saturated rings. The minimum Gasteiger partial charge on any atom is -0.294 e. The van der Waals surface area contributed by atoms with Crippen molar-refractivity contribution < 1.29 is 19.4 Å². The first-order valence-corrected chi connectivity index (χ1v) is 10.1. The van der Waals surface area contributed by atoms with E-state index in [9.17, 15) is 18.0 Å². The molecule has 7 nitrogen and oxygen atoms in total. The van der Waals surface area contributed by atoms with Gasteiger partial charge in [0.25, 0.3) is 0 Å². The summed E-state index contributed by atoms with van der Waals surface area (Å²) in [4.78, 5) is 22.2. The third-order valence-electron chi connectivity index (χ3n) is 5.43. The van der Waals surface area contributed by atoms with Crippen molar-refractivity contribution in [2.75, 3.05) is 0 Å². The van der Waals surface area contributed by atoms with E-state index < -0.39 is 11.7 Å². The average Bonchev–Trinajstić information content (AvgIpc) is 3.32.